The lowest BCUT2D eigenvalue weighted by atomic mass is 9.93. The van der Waals surface area contributed by atoms with E-state index in [4.69, 9.17) is 0 Å². The highest BCUT2D eigenvalue weighted by molar-refractivity contribution is 5.86. The Morgan fingerprint density at radius 2 is 2.14 bits per heavy atom. The predicted octanol–water partition coefficient (Wildman–Crippen LogP) is 3.28. The second kappa shape index (κ2) is 7.33. The Kier molecular flexibility index (Phi) is 6.26. The number of carbonyl (C=O) groups is 1. The Morgan fingerprint density at radius 1 is 1.41 bits per heavy atom. The summed E-state index contributed by atoms with van der Waals surface area (Å²) in [5, 5.41) is 5.94. The number of rotatable bonds is 4. The maximum Gasteiger partial charge on any atom is 0.416 e. The summed E-state index contributed by atoms with van der Waals surface area (Å²) in [5.74, 6) is -0.139. The zero-order chi connectivity index (χ0) is 15.5. The van der Waals surface area contributed by atoms with Crippen molar-refractivity contribution in [3.8, 4) is 0 Å². The van der Waals surface area contributed by atoms with E-state index < -0.39 is 17.3 Å². The van der Waals surface area contributed by atoms with Crippen molar-refractivity contribution < 1.29 is 18.0 Å². The van der Waals surface area contributed by atoms with Crippen LogP contribution in [0.1, 0.15) is 37.3 Å². The van der Waals surface area contributed by atoms with Crippen molar-refractivity contribution in [3.05, 3.63) is 35.4 Å². The van der Waals surface area contributed by atoms with Crippen molar-refractivity contribution in [1.82, 2.24) is 10.6 Å². The van der Waals surface area contributed by atoms with Crippen LogP contribution < -0.4 is 10.6 Å². The van der Waals surface area contributed by atoms with Crippen LogP contribution in [0.5, 0.6) is 0 Å². The lowest BCUT2D eigenvalue weighted by Crippen LogP contribution is -2.52. The Balaban J connectivity index is 0.00000242. The van der Waals surface area contributed by atoms with E-state index in [-0.39, 0.29) is 24.9 Å². The third kappa shape index (κ3) is 4.14. The summed E-state index contributed by atoms with van der Waals surface area (Å²) in [6, 6.07) is 5.03. The summed E-state index contributed by atoms with van der Waals surface area (Å²) >= 11 is 0. The molecule has 1 amide bonds. The highest BCUT2D eigenvalue weighted by atomic mass is 35.5. The number of hydrogen-bond acceptors (Lipinski definition) is 2. The first-order chi connectivity index (χ1) is 9.87. The monoisotopic (exact) mass is 336 g/mol. The maximum absolute atomic E-state index is 12.6. The number of amides is 1. The molecule has 2 rings (SSSR count). The smallest absolute Gasteiger partial charge is 0.350 e. The zero-order valence-electron chi connectivity index (χ0n) is 12.3. The molecule has 1 saturated heterocycles. The molecule has 1 unspecified atom stereocenters. The van der Waals surface area contributed by atoms with Gasteiger partial charge in [-0.25, -0.2) is 0 Å². The van der Waals surface area contributed by atoms with Gasteiger partial charge >= 0.3 is 6.18 Å². The molecule has 0 saturated carbocycles. The number of carbonyl (C=O) groups excluding carboxylic acids is 1. The molecule has 1 aliphatic heterocycles. The summed E-state index contributed by atoms with van der Waals surface area (Å²) in [7, 11) is 0. The van der Waals surface area contributed by atoms with Gasteiger partial charge in [-0.3, -0.25) is 4.79 Å². The molecular weight excluding hydrogens is 317 g/mol. The summed E-state index contributed by atoms with van der Waals surface area (Å²) in [6.45, 7) is 2.83. The van der Waals surface area contributed by atoms with E-state index in [1.54, 1.807) is 6.07 Å². The fourth-order valence-corrected chi connectivity index (χ4v) is 2.67. The van der Waals surface area contributed by atoms with Gasteiger partial charge in [-0.1, -0.05) is 19.1 Å². The molecule has 0 spiro atoms. The fourth-order valence-electron chi connectivity index (χ4n) is 2.67. The maximum atomic E-state index is 12.6. The Labute approximate surface area is 134 Å². The molecule has 1 atom stereocenters. The highest BCUT2D eigenvalue weighted by Gasteiger charge is 2.38. The third-order valence-electron chi connectivity index (χ3n) is 3.99. The largest absolute Gasteiger partial charge is 0.416 e. The second-order valence-corrected chi connectivity index (χ2v) is 5.35. The molecule has 7 heteroatoms. The van der Waals surface area contributed by atoms with E-state index in [1.165, 1.54) is 6.07 Å². The quantitative estimate of drug-likeness (QED) is 0.886. The molecular formula is C15H20ClF3N2O. The molecule has 22 heavy (non-hydrogen) atoms. The molecule has 0 bridgehead atoms. The van der Waals surface area contributed by atoms with E-state index >= 15 is 0 Å². The first-order valence-electron chi connectivity index (χ1n) is 7.07. The third-order valence-corrected chi connectivity index (χ3v) is 3.99. The minimum absolute atomic E-state index is 0. The number of nitrogens with one attached hydrogen (secondary N) is 2. The van der Waals surface area contributed by atoms with Crippen LogP contribution in [0.25, 0.3) is 0 Å². The molecule has 124 valence electrons. The standard InChI is InChI=1S/C15H19F3N2O.ClH/c1-2-14(7-4-8-20-14)13(21)19-10-11-5-3-6-12(9-11)15(16,17)18;/h3,5-6,9,20H,2,4,7-8,10H2,1H3,(H,19,21);1H. The SMILES string of the molecule is CCC1(C(=O)NCc2cccc(C(F)(F)F)c2)CCCN1.Cl. The first-order valence-corrected chi connectivity index (χ1v) is 7.07. The number of alkyl halides is 3. The van der Waals surface area contributed by atoms with E-state index in [0.29, 0.717) is 12.0 Å². The van der Waals surface area contributed by atoms with Crippen LogP contribution in [0.3, 0.4) is 0 Å². The molecule has 1 aromatic rings. The van der Waals surface area contributed by atoms with Gasteiger partial charge in [0.1, 0.15) is 0 Å². The van der Waals surface area contributed by atoms with Crippen molar-refractivity contribution >= 4 is 18.3 Å². The van der Waals surface area contributed by atoms with Crippen molar-refractivity contribution in [3.63, 3.8) is 0 Å². The van der Waals surface area contributed by atoms with Gasteiger partial charge in [-0.05, 0) is 43.5 Å². The molecule has 3 nitrogen and oxygen atoms in total. The predicted molar refractivity (Wildman–Crippen MR) is 80.8 cm³/mol. The molecule has 0 aliphatic carbocycles. The molecule has 0 aromatic heterocycles. The minimum atomic E-state index is -4.36. The lowest BCUT2D eigenvalue weighted by Gasteiger charge is -2.26. The average Bonchev–Trinajstić information content (AvgIpc) is 2.94. The van der Waals surface area contributed by atoms with Crippen molar-refractivity contribution in [1.29, 1.82) is 0 Å². The summed E-state index contributed by atoms with van der Waals surface area (Å²) in [5.41, 5.74) is -0.817. The van der Waals surface area contributed by atoms with Crippen LogP contribution in [0.2, 0.25) is 0 Å². The Hall–Kier alpha value is -1.27. The summed E-state index contributed by atoms with van der Waals surface area (Å²) < 4.78 is 37.9. The molecule has 1 heterocycles. The Morgan fingerprint density at radius 3 is 2.68 bits per heavy atom. The number of hydrogen-bond donors (Lipinski definition) is 2. The molecule has 1 aliphatic rings. The van der Waals surface area contributed by atoms with Gasteiger partial charge in [0.15, 0.2) is 0 Å². The lowest BCUT2D eigenvalue weighted by molar-refractivity contribution is -0.137. The molecule has 0 radical (unpaired) electrons. The van der Waals surface area contributed by atoms with Gasteiger partial charge in [0.05, 0.1) is 11.1 Å². The minimum Gasteiger partial charge on any atom is -0.350 e. The normalized spacial score (nSPS) is 21.3. The molecule has 1 fully saturated rings. The van der Waals surface area contributed by atoms with Crippen LogP contribution in [-0.4, -0.2) is 18.0 Å². The number of halogens is 4. The van der Waals surface area contributed by atoms with Crippen LogP contribution in [0.15, 0.2) is 24.3 Å². The van der Waals surface area contributed by atoms with Gasteiger partial charge in [0.2, 0.25) is 5.91 Å². The summed E-state index contributed by atoms with van der Waals surface area (Å²) in [4.78, 5) is 12.3. The van der Waals surface area contributed by atoms with Gasteiger partial charge in [-0.2, -0.15) is 13.2 Å². The average molecular weight is 337 g/mol. The van der Waals surface area contributed by atoms with E-state index in [9.17, 15) is 18.0 Å². The van der Waals surface area contributed by atoms with E-state index in [0.717, 1.165) is 31.5 Å². The van der Waals surface area contributed by atoms with Gasteiger partial charge < -0.3 is 10.6 Å². The Bertz CT molecular complexity index is 514. The molecule has 1 aromatic carbocycles. The van der Waals surface area contributed by atoms with Crippen LogP contribution in [-0.2, 0) is 17.5 Å². The second-order valence-electron chi connectivity index (χ2n) is 5.35. The first kappa shape index (κ1) is 18.8. The zero-order valence-corrected chi connectivity index (χ0v) is 13.1. The van der Waals surface area contributed by atoms with Crippen molar-refractivity contribution in [2.45, 2.75) is 44.4 Å². The van der Waals surface area contributed by atoms with E-state index in [1.807, 2.05) is 6.92 Å². The van der Waals surface area contributed by atoms with Gasteiger partial charge in [0, 0.05) is 6.54 Å². The van der Waals surface area contributed by atoms with E-state index in [2.05, 4.69) is 10.6 Å². The van der Waals surface area contributed by atoms with Crippen molar-refractivity contribution in [2.24, 2.45) is 0 Å². The van der Waals surface area contributed by atoms with Crippen LogP contribution in [0, 0.1) is 0 Å². The topological polar surface area (TPSA) is 41.1 Å². The van der Waals surface area contributed by atoms with Crippen LogP contribution in [0.4, 0.5) is 13.2 Å². The highest BCUT2D eigenvalue weighted by Crippen LogP contribution is 2.29. The summed E-state index contributed by atoms with van der Waals surface area (Å²) in [6.07, 6.45) is -2.00. The van der Waals surface area contributed by atoms with Crippen molar-refractivity contribution in [2.75, 3.05) is 6.54 Å². The number of benzene rings is 1. The van der Waals surface area contributed by atoms with Gasteiger partial charge in [-0.15, -0.1) is 12.4 Å². The van der Waals surface area contributed by atoms with Gasteiger partial charge in [0.25, 0.3) is 0 Å². The van der Waals surface area contributed by atoms with Crippen LogP contribution >= 0.6 is 12.4 Å². The fraction of sp³-hybridized carbons (Fsp3) is 0.533. The molecule has 2 N–H and O–H groups in total.